The van der Waals surface area contributed by atoms with Crippen LogP contribution in [0.15, 0.2) is 42.5 Å². The summed E-state index contributed by atoms with van der Waals surface area (Å²) < 4.78 is 16.0. The number of carbonyl (C=O) groups is 3. The highest BCUT2D eigenvalue weighted by atomic mass is 32.1. The van der Waals surface area contributed by atoms with Crippen molar-refractivity contribution in [2.75, 3.05) is 25.6 Å². The molecule has 3 rings (SSSR count). The van der Waals surface area contributed by atoms with Crippen LogP contribution >= 0.6 is 11.3 Å². The van der Waals surface area contributed by atoms with Crippen LogP contribution in [0.4, 0.5) is 5.00 Å². The largest absolute Gasteiger partial charge is 0.497 e. The number of thiophene rings is 1. The summed E-state index contributed by atoms with van der Waals surface area (Å²) in [6, 6.07) is 12.3. The molecule has 178 valence electrons. The molecule has 0 bridgehead atoms. The molecule has 8 nitrogen and oxygen atoms in total. The van der Waals surface area contributed by atoms with E-state index in [0.29, 0.717) is 21.9 Å². The van der Waals surface area contributed by atoms with Crippen molar-refractivity contribution in [3.8, 4) is 22.6 Å². The molecule has 2 aromatic carbocycles. The van der Waals surface area contributed by atoms with Gasteiger partial charge in [-0.3, -0.25) is 9.59 Å². The maximum atomic E-state index is 12.8. The quantitative estimate of drug-likeness (QED) is 0.438. The Balaban J connectivity index is 1.87. The van der Waals surface area contributed by atoms with Gasteiger partial charge in [-0.05, 0) is 38.5 Å². The Hall–Kier alpha value is -3.85. The minimum absolute atomic E-state index is 0.120. The Kier molecular flexibility index (Phi) is 7.91. The molecule has 3 aromatic rings. The van der Waals surface area contributed by atoms with E-state index in [1.165, 1.54) is 30.6 Å². The molecule has 0 aliphatic rings. The lowest BCUT2D eigenvalue weighted by Crippen LogP contribution is -2.22. The standard InChI is InChI=1S/C25H26N2O6S/c1-5-32-25(30)22-21(16-8-6-14(2)7-9-16)15(3)34-24(22)27-20(28)13-33-19-12-17(31-4)10-11-18(19)23(26)29/h6-12H,5,13H2,1-4H3,(H2,26,29)(H,27,28). The molecule has 0 unspecified atom stereocenters. The normalized spacial score (nSPS) is 10.5. The molecule has 0 spiro atoms. The Labute approximate surface area is 201 Å². The molecule has 0 aliphatic heterocycles. The van der Waals surface area contributed by atoms with Gasteiger partial charge >= 0.3 is 5.97 Å². The van der Waals surface area contributed by atoms with E-state index in [9.17, 15) is 14.4 Å². The number of carbonyl (C=O) groups excluding carboxylic acids is 3. The summed E-state index contributed by atoms with van der Waals surface area (Å²) in [5.74, 6) is -1.17. The van der Waals surface area contributed by atoms with E-state index in [2.05, 4.69) is 5.32 Å². The molecule has 1 aromatic heterocycles. The van der Waals surface area contributed by atoms with E-state index in [1.807, 2.05) is 38.1 Å². The van der Waals surface area contributed by atoms with E-state index in [4.69, 9.17) is 19.9 Å². The first-order valence-electron chi connectivity index (χ1n) is 10.5. The number of benzene rings is 2. The first kappa shape index (κ1) is 24.8. The molecule has 0 saturated carbocycles. The molecule has 1 heterocycles. The van der Waals surface area contributed by atoms with Crippen molar-refractivity contribution in [3.05, 3.63) is 64.0 Å². The van der Waals surface area contributed by atoms with Gasteiger partial charge in [0.2, 0.25) is 0 Å². The minimum atomic E-state index is -0.695. The molecular formula is C25H26N2O6S. The fraction of sp³-hybridized carbons (Fsp3) is 0.240. The summed E-state index contributed by atoms with van der Waals surface area (Å²) >= 11 is 1.28. The summed E-state index contributed by atoms with van der Waals surface area (Å²) in [6.45, 7) is 5.37. The second kappa shape index (κ2) is 10.8. The number of aryl methyl sites for hydroxylation is 2. The Bertz CT molecular complexity index is 1220. The first-order chi connectivity index (χ1) is 16.2. The van der Waals surface area contributed by atoms with Crippen LogP contribution in [-0.2, 0) is 9.53 Å². The number of ether oxygens (including phenoxy) is 3. The van der Waals surface area contributed by atoms with Gasteiger partial charge < -0.3 is 25.3 Å². The number of esters is 1. The number of anilines is 1. The predicted molar refractivity (Wildman–Crippen MR) is 131 cm³/mol. The fourth-order valence-corrected chi connectivity index (χ4v) is 4.44. The second-order valence-corrected chi connectivity index (χ2v) is 8.61. The molecule has 0 fully saturated rings. The number of nitrogens with two attached hydrogens (primary N) is 1. The van der Waals surface area contributed by atoms with Crippen LogP contribution in [0.3, 0.4) is 0 Å². The third-order valence-corrected chi connectivity index (χ3v) is 5.99. The number of hydrogen-bond donors (Lipinski definition) is 2. The monoisotopic (exact) mass is 482 g/mol. The van der Waals surface area contributed by atoms with Crippen LogP contribution in [0, 0.1) is 13.8 Å². The van der Waals surface area contributed by atoms with Crippen molar-refractivity contribution in [1.82, 2.24) is 0 Å². The highest BCUT2D eigenvalue weighted by molar-refractivity contribution is 7.17. The summed E-state index contributed by atoms with van der Waals surface area (Å²) in [5, 5.41) is 3.11. The molecule has 2 amide bonds. The molecule has 9 heteroatoms. The van der Waals surface area contributed by atoms with Gasteiger partial charge in [0, 0.05) is 16.5 Å². The Morgan fingerprint density at radius 1 is 1.06 bits per heavy atom. The van der Waals surface area contributed by atoms with E-state index in [0.717, 1.165) is 16.0 Å². The third-order valence-electron chi connectivity index (χ3n) is 4.97. The number of rotatable bonds is 9. The van der Waals surface area contributed by atoms with Crippen molar-refractivity contribution in [1.29, 1.82) is 0 Å². The first-order valence-corrected chi connectivity index (χ1v) is 11.3. The SMILES string of the molecule is CCOC(=O)c1c(NC(=O)COc2cc(OC)ccc2C(N)=O)sc(C)c1-c1ccc(C)cc1. The zero-order valence-corrected chi connectivity index (χ0v) is 20.2. The van der Waals surface area contributed by atoms with E-state index in [-0.39, 0.29) is 17.9 Å². The molecule has 0 atom stereocenters. The molecule has 3 N–H and O–H groups in total. The maximum Gasteiger partial charge on any atom is 0.341 e. The van der Waals surface area contributed by atoms with Gasteiger partial charge in [0.05, 0.1) is 19.3 Å². The molecular weight excluding hydrogens is 456 g/mol. The lowest BCUT2D eigenvalue weighted by atomic mass is 10.0. The smallest absolute Gasteiger partial charge is 0.341 e. The van der Waals surface area contributed by atoms with Gasteiger partial charge in [0.1, 0.15) is 22.1 Å². The van der Waals surface area contributed by atoms with Crippen molar-refractivity contribution in [3.63, 3.8) is 0 Å². The molecule has 0 aliphatic carbocycles. The van der Waals surface area contributed by atoms with Crippen molar-refractivity contribution in [2.45, 2.75) is 20.8 Å². The van der Waals surface area contributed by atoms with Gasteiger partial charge in [-0.25, -0.2) is 4.79 Å². The second-order valence-electron chi connectivity index (χ2n) is 7.39. The number of hydrogen-bond acceptors (Lipinski definition) is 7. The topological polar surface area (TPSA) is 117 Å². The Morgan fingerprint density at radius 2 is 1.76 bits per heavy atom. The third kappa shape index (κ3) is 5.55. The zero-order valence-electron chi connectivity index (χ0n) is 19.4. The van der Waals surface area contributed by atoms with Crippen LogP contribution < -0.4 is 20.5 Å². The zero-order chi connectivity index (χ0) is 24.8. The summed E-state index contributed by atoms with van der Waals surface area (Å²) in [6.07, 6.45) is 0. The lowest BCUT2D eigenvalue weighted by Gasteiger charge is -2.12. The summed E-state index contributed by atoms with van der Waals surface area (Å²) in [4.78, 5) is 38.1. The van der Waals surface area contributed by atoms with Gasteiger partial charge in [0.25, 0.3) is 11.8 Å². The van der Waals surface area contributed by atoms with Crippen molar-refractivity contribution >= 4 is 34.1 Å². The number of amides is 2. The minimum Gasteiger partial charge on any atom is -0.497 e. The van der Waals surface area contributed by atoms with Crippen molar-refractivity contribution in [2.24, 2.45) is 5.73 Å². The van der Waals surface area contributed by atoms with Gasteiger partial charge in [-0.15, -0.1) is 11.3 Å². The molecule has 34 heavy (non-hydrogen) atoms. The van der Waals surface area contributed by atoms with Crippen LogP contribution in [0.2, 0.25) is 0 Å². The van der Waals surface area contributed by atoms with E-state index >= 15 is 0 Å². The maximum absolute atomic E-state index is 12.8. The van der Waals surface area contributed by atoms with Gasteiger partial charge in [-0.2, -0.15) is 0 Å². The highest BCUT2D eigenvalue weighted by Gasteiger charge is 2.25. The van der Waals surface area contributed by atoms with Crippen LogP contribution in [-0.4, -0.2) is 38.1 Å². The number of nitrogens with one attached hydrogen (secondary N) is 1. The average Bonchev–Trinajstić information content (AvgIpc) is 3.13. The van der Waals surface area contributed by atoms with Crippen LogP contribution in [0.25, 0.3) is 11.1 Å². The fourth-order valence-electron chi connectivity index (χ4n) is 3.36. The lowest BCUT2D eigenvalue weighted by molar-refractivity contribution is -0.118. The Morgan fingerprint density at radius 3 is 2.38 bits per heavy atom. The number of primary amides is 1. The molecule has 0 radical (unpaired) electrons. The van der Waals surface area contributed by atoms with E-state index < -0.39 is 24.4 Å². The van der Waals surface area contributed by atoms with Crippen LogP contribution in [0.5, 0.6) is 11.5 Å². The predicted octanol–water partition coefficient (Wildman–Crippen LogP) is 4.33. The highest BCUT2D eigenvalue weighted by Crippen LogP contribution is 2.40. The molecule has 0 saturated heterocycles. The van der Waals surface area contributed by atoms with E-state index in [1.54, 1.807) is 13.0 Å². The van der Waals surface area contributed by atoms with Gasteiger partial charge in [0.15, 0.2) is 6.61 Å². The number of methoxy groups -OCH3 is 1. The van der Waals surface area contributed by atoms with Crippen molar-refractivity contribution < 1.29 is 28.6 Å². The van der Waals surface area contributed by atoms with Crippen LogP contribution in [0.1, 0.15) is 38.1 Å². The van der Waals surface area contributed by atoms with Gasteiger partial charge in [-0.1, -0.05) is 29.8 Å². The summed E-state index contributed by atoms with van der Waals surface area (Å²) in [7, 11) is 1.47. The average molecular weight is 483 g/mol. The summed E-state index contributed by atoms with van der Waals surface area (Å²) in [5.41, 5.74) is 8.45.